The smallest absolute Gasteiger partial charge is 0.334 e. The van der Waals surface area contributed by atoms with Gasteiger partial charge in [-0.3, -0.25) is 4.79 Å². The Labute approximate surface area is 107 Å². The van der Waals surface area contributed by atoms with Crippen LogP contribution in [-0.2, 0) is 19.1 Å². The van der Waals surface area contributed by atoms with E-state index >= 15 is 0 Å². The van der Waals surface area contributed by atoms with E-state index in [2.05, 4.69) is 4.74 Å². The van der Waals surface area contributed by atoms with Crippen LogP contribution in [0.4, 0.5) is 0 Å². The topological polar surface area (TPSA) is 72.8 Å². The van der Waals surface area contributed by atoms with Gasteiger partial charge in [0.25, 0.3) is 0 Å². The number of carbonyl (C=O) groups is 2. The normalized spacial score (nSPS) is 13.4. The number of hydrogen-bond donors (Lipinski definition) is 1. The van der Waals surface area contributed by atoms with Crippen molar-refractivity contribution in [2.75, 3.05) is 13.2 Å². The first-order valence-corrected chi connectivity index (χ1v) is 5.91. The summed E-state index contributed by atoms with van der Waals surface area (Å²) in [7, 11) is 0. The first-order chi connectivity index (χ1) is 8.56. The Kier molecular flexibility index (Phi) is 8.35. The monoisotopic (exact) mass is 256 g/mol. The number of rotatable bonds is 7. The number of ether oxygens (including phenoxy) is 2. The first kappa shape index (κ1) is 16.2. The molecule has 1 unspecified atom stereocenters. The highest BCUT2D eigenvalue weighted by Gasteiger charge is 2.23. The average Bonchev–Trinajstić information content (AvgIpc) is 2.30. The van der Waals surface area contributed by atoms with Gasteiger partial charge in [0.1, 0.15) is 11.7 Å². The molecule has 0 amide bonds. The summed E-state index contributed by atoms with van der Waals surface area (Å²) in [5.41, 5.74) is 0. The Morgan fingerprint density at radius 3 is 2.33 bits per heavy atom. The third-order valence-electron chi connectivity index (χ3n) is 2.09. The fourth-order valence-electron chi connectivity index (χ4n) is 1.26. The van der Waals surface area contributed by atoms with Crippen LogP contribution in [-0.4, -0.2) is 30.3 Å². The molecule has 0 spiro atoms. The van der Waals surface area contributed by atoms with Gasteiger partial charge in [-0.15, -0.1) is 0 Å². The highest BCUT2D eigenvalue weighted by Crippen LogP contribution is 2.16. The van der Waals surface area contributed by atoms with Crippen LogP contribution < -0.4 is 0 Å². The molecule has 0 aromatic carbocycles. The van der Waals surface area contributed by atoms with Crippen LogP contribution in [0.1, 0.15) is 27.2 Å². The number of aliphatic hydroxyl groups is 1. The molecular formula is C13H20O5. The summed E-state index contributed by atoms with van der Waals surface area (Å²) in [4.78, 5) is 22.8. The van der Waals surface area contributed by atoms with Crippen molar-refractivity contribution in [2.45, 2.75) is 27.2 Å². The molecule has 0 bridgehead atoms. The highest BCUT2D eigenvalue weighted by atomic mass is 16.5. The number of carbonyl (C=O) groups excluding carboxylic acids is 2. The lowest BCUT2D eigenvalue weighted by molar-refractivity contribution is -0.147. The first-order valence-electron chi connectivity index (χ1n) is 5.91. The van der Waals surface area contributed by atoms with Gasteiger partial charge in [0.2, 0.25) is 0 Å². The fourth-order valence-corrected chi connectivity index (χ4v) is 1.26. The predicted octanol–water partition coefficient (Wildman–Crippen LogP) is 2.14. The highest BCUT2D eigenvalue weighted by molar-refractivity contribution is 5.84. The van der Waals surface area contributed by atoms with Crippen molar-refractivity contribution < 1.29 is 24.2 Å². The molecule has 0 aromatic rings. The van der Waals surface area contributed by atoms with Crippen molar-refractivity contribution >= 4 is 11.9 Å². The number of aliphatic hydroxyl groups excluding tert-OH is 1. The minimum absolute atomic E-state index is 0.210. The van der Waals surface area contributed by atoms with Crippen molar-refractivity contribution in [3.63, 3.8) is 0 Å². The summed E-state index contributed by atoms with van der Waals surface area (Å²) in [6, 6.07) is 0. The lowest BCUT2D eigenvalue weighted by Crippen LogP contribution is -2.20. The SMILES string of the molecule is C/C=C/CC(C(=O)OCC)/C(O)=C/C(=O)OCC. The van der Waals surface area contributed by atoms with Gasteiger partial charge < -0.3 is 14.6 Å². The molecule has 102 valence electrons. The Balaban J connectivity index is 4.82. The van der Waals surface area contributed by atoms with E-state index in [0.29, 0.717) is 0 Å². The van der Waals surface area contributed by atoms with Gasteiger partial charge in [-0.1, -0.05) is 12.2 Å². The summed E-state index contributed by atoms with van der Waals surface area (Å²) in [6.07, 6.45) is 4.66. The van der Waals surface area contributed by atoms with Gasteiger partial charge in [-0.2, -0.15) is 0 Å². The van der Waals surface area contributed by atoms with Gasteiger partial charge in [-0.05, 0) is 27.2 Å². The maximum Gasteiger partial charge on any atom is 0.334 e. The maximum atomic E-state index is 11.6. The molecule has 0 aliphatic heterocycles. The minimum atomic E-state index is -0.870. The van der Waals surface area contributed by atoms with Crippen molar-refractivity contribution in [2.24, 2.45) is 5.92 Å². The Morgan fingerprint density at radius 1 is 1.22 bits per heavy atom. The van der Waals surface area contributed by atoms with E-state index in [4.69, 9.17) is 4.74 Å². The Hall–Kier alpha value is -1.78. The standard InChI is InChI=1S/C13H20O5/c1-4-7-8-10(13(16)18-6-3)11(14)9-12(15)17-5-2/h4,7,9-10,14H,5-6,8H2,1-3H3/b7-4+,11-9-. The van der Waals surface area contributed by atoms with Gasteiger partial charge in [0.05, 0.1) is 19.3 Å². The molecule has 5 nitrogen and oxygen atoms in total. The summed E-state index contributed by atoms with van der Waals surface area (Å²) in [5.74, 6) is -2.45. The third kappa shape index (κ3) is 6.08. The quantitative estimate of drug-likeness (QED) is 0.327. The van der Waals surface area contributed by atoms with Crippen LogP contribution in [0.2, 0.25) is 0 Å². The number of esters is 2. The van der Waals surface area contributed by atoms with Gasteiger partial charge in [0.15, 0.2) is 0 Å². The summed E-state index contributed by atoms with van der Waals surface area (Å²) < 4.78 is 9.50. The average molecular weight is 256 g/mol. The Bertz CT molecular complexity index is 330. The number of allylic oxidation sites excluding steroid dienone is 2. The molecular weight excluding hydrogens is 236 g/mol. The molecule has 0 saturated carbocycles. The van der Waals surface area contributed by atoms with E-state index in [1.165, 1.54) is 0 Å². The molecule has 1 N–H and O–H groups in total. The molecule has 0 fully saturated rings. The molecule has 18 heavy (non-hydrogen) atoms. The lowest BCUT2D eigenvalue weighted by atomic mass is 10.0. The summed E-state index contributed by atoms with van der Waals surface area (Å²) >= 11 is 0. The van der Waals surface area contributed by atoms with Crippen molar-refractivity contribution in [3.8, 4) is 0 Å². The molecule has 0 heterocycles. The van der Waals surface area contributed by atoms with E-state index in [1.807, 2.05) is 0 Å². The molecule has 0 aromatic heterocycles. The minimum Gasteiger partial charge on any atom is -0.511 e. The molecule has 0 aliphatic carbocycles. The second kappa shape index (κ2) is 9.27. The molecule has 5 heteroatoms. The van der Waals surface area contributed by atoms with Crippen LogP contribution in [0.25, 0.3) is 0 Å². The zero-order valence-electron chi connectivity index (χ0n) is 11.0. The van der Waals surface area contributed by atoms with E-state index in [9.17, 15) is 14.7 Å². The van der Waals surface area contributed by atoms with Crippen molar-refractivity contribution in [1.82, 2.24) is 0 Å². The lowest BCUT2D eigenvalue weighted by Gasteiger charge is -2.12. The van der Waals surface area contributed by atoms with E-state index in [-0.39, 0.29) is 25.4 Å². The number of hydrogen-bond acceptors (Lipinski definition) is 5. The zero-order valence-corrected chi connectivity index (χ0v) is 11.0. The van der Waals surface area contributed by atoms with Gasteiger partial charge >= 0.3 is 11.9 Å². The fraction of sp³-hybridized carbons (Fsp3) is 0.538. The second-order valence-corrected chi connectivity index (χ2v) is 3.43. The summed E-state index contributed by atoms with van der Waals surface area (Å²) in [6.45, 7) is 5.57. The zero-order chi connectivity index (χ0) is 14.0. The van der Waals surface area contributed by atoms with Gasteiger partial charge in [0, 0.05) is 0 Å². The molecule has 0 rings (SSSR count). The Morgan fingerprint density at radius 2 is 1.83 bits per heavy atom. The van der Waals surface area contributed by atoms with Crippen LogP contribution in [0.5, 0.6) is 0 Å². The van der Waals surface area contributed by atoms with E-state index in [0.717, 1.165) is 6.08 Å². The predicted molar refractivity (Wildman–Crippen MR) is 66.9 cm³/mol. The molecule has 1 atom stereocenters. The largest absolute Gasteiger partial charge is 0.511 e. The van der Waals surface area contributed by atoms with E-state index < -0.39 is 17.9 Å². The van der Waals surface area contributed by atoms with Crippen LogP contribution in [0, 0.1) is 5.92 Å². The van der Waals surface area contributed by atoms with Crippen LogP contribution >= 0.6 is 0 Å². The summed E-state index contributed by atoms with van der Waals surface area (Å²) in [5, 5.41) is 9.76. The van der Waals surface area contributed by atoms with Crippen LogP contribution in [0.3, 0.4) is 0 Å². The van der Waals surface area contributed by atoms with Crippen molar-refractivity contribution in [1.29, 1.82) is 0 Å². The second-order valence-electron chi connectivity index (χ2n) is 3.43. The molecule has 0 aliphatic rings. The molecule has 0 radical (unpaired) electrons. The van der Waals surface area contributed by atoms with Crippen molar-refractivity contribution in [3.05, 3.63) is 24.0 Å². The van der Waals surface area contributed by atoms with E-state index in [1.54, 1.807) is 32.9 Å². The maximum absolute atomic E-state index is 11.6. The third-order valence-corrected chi connectivity index (χ3v) is 2.09. The van der Waals surface area contributed by atoms with Gasteiger partial charge in [-0.25, -0.2) is 4.79 Å². The molecule has 0 saturated heterocycles. The van der Waals surface area contributed by atoms with Crippen LogP contribution in [0.15, 0.2) is 24.0 Å².